The molecular formula is C18H22N2O3S. The number of carbonyl (C=O) groups is 1. The summed E-state index contributed by atoms with van der Waals surface area (Å²) < 4.78 is 27.3. The molecule has 0 radical (unpaired) electrons. The SMILES string of the molecule is CCNC(=O)CCc1ccc(S(=O)(=O)Nc2ccc(C)cc2)cc1. The molecule has 0 aliphatic heterocycles. The van der Waals surface area contributed by atoms with Gasteiger partial charge in [-0.1, -0.05) is 29.8 Å². The fraction of sp³-hybridized carbons (Fsp3) is 0.278. The predicted molar refractivity (Wildman–Crippen MR) is 95.4 cm³/mol. The highest BCUT2D eigenvalue weighted by atomic mass is 32.2. The van der Waals surface area contributed by atoms with Crippen LogP contribution in [0, 0.1) is 6.92 Å². The van der Waals surface area contributed by atoms with Crippen molar-refractivity contribution >= 4 is 21.6 Å². The molecule has 0 aliphatic rings. The van der Waals surface area contributed by atoms with E-state index in [4.69, 9.17) is 0 Å². The Balaban J connectivity index is 2.03. The van der Waals surface area contributed by atoms with Crippen LogP contribution in [0.2, 0.25) is 0 Å². The summed E-state index contributed by atoms with van der Waals surface area (Å²) in [5, 5.41) is 2.74. The standard InChI is InChI=1S/C18H22N2O3S/c1-3-19-18(21)13-8-15-6-11-17(12-7-15)24(22,23)20-16-9-4-14(2)5-10-16/h4-7,9-12,20H,3,8,13H2,1-2H3,(H,19,21). The van der Waals surface area contributed by atoms with Crippen molar-refractivity contribution in [2.24, 2.45) is 0 Å². The molecule has 2 N–H and O–H groups in total. The van der Waals surface area contributed by atoms with Crippen molar-refractivity contribution in [1.29, 1.82) is 0 Å². The molecule has 0 saturated heterocycles. The van der Waals surface area contributed by atoms with Crippen LogP contribution in [0.5, 0.6) is 0 Å². The first-order valence-electron chi connectivity index (χ1n) is 7.86. The van der Waals surface area contributed by atoms with Crippen molar-refractivity contribution in [3.8, 4) is 0 Å². The Morgan fingerprint density at radius 3 is 2.21 bits per heavy atom. The number of aryl methyl sites for hydroxylation is 2. The normalized spacial score (nSPS) is 11.1. The highest BCUT2D eigenvalue weighted by Gasteiger charge is 2.14. The quantitative estimate of drug-likeness (QED) is 0.809. The van der Waals surface area contributed by atoms with Gasteiger partial charge >= 0.3 is 0 Å². The minimum atomic E-state index is -3.61. The van der Waals surface area contributed by atoms with Crippen LogP contribution >= 0.6 is 0 Å². The average Bonchev–Trinajstić information content (AvgIpc) is 2.56. The Bertz CT molecular complexity index is 782. The van der Waals surface area contributed by atoms with Gasteiger partial charge in [0.15, 0.2) is 0 Å². The van der Waals surface area contributed by atoms with Crippen LogP contribution in [0.4, 0.5) is 5.69 Å². The fourth-order valence-electron chi connectivity index (χ4n) is 2.21. The largest absolute Gasteiger partial charge is 0.356 e. The van der Waals surface area contributed by atoms with Gasteiger partial charge in [0.1, 0.15) is 0 Å². The van der Waals surface area contributed by atoms with Crippen LogP contribution < -0.4 is 10.0 Å². The molecule has 0 saturated carbocycles. The summed E-state index contributed by atoms with van der Waals surface area (Å²) >= 11 is 0. The van der Waals surface area contributed by atoms with Crippen LogP contribution in [-0.2, 0) is 21.2 Å². The second kappa shape index (κ2) is 7.97. The lowest BCUT2D eigenvalue weighted by Crippen LogP contribution is -2.22. The number of anilines is 1. The number of nitrogens with one attached hydrogen (secondary N) is 2. The number of sulfonamides is 1. The molecule has 0 spiro atoms. The minimum absolute atomic E-state index is 0.00441. The number of amides is 1. The van der Waals surface area contributed by atoms with Crippen molar-refractivity contribution in [2.75, 3.05) is 11.3 Å². The van der Waals surface area contributed by atoms with Gasteiger partial charge in [0.05, 0.1) is 4.90 Å². The third-order valence-corrected chi connectivity index (χ3v) is 4.95. The average molecular weight is 346 g/mol. The van der Waals surface area contributed by atoms with E-state index in [1.807, 2.05) is 26.0 Å². The molecule has 2 rings (SSSR count). The molecule has 2 aromatic rings. The van der Waals surface area contributed by atoms with Gasteiger partial charge in [-0.25, -0.2) is 8.42 Å². The number of rotatable bonds is 7. The van der Waals surface area contributed by atoms with Gasteiger partial charge < -0.3 is 5.32 Å². The van der Waals surface area contributed by atoms with Gasteiger partial charge in [0, 0.05) is 18.7 Å². The van der Waals surface area contributed by atoms with Gasteiger partial charge in [-0.2, -0.15) is 0 Å². The summed E-state index contributed by atoms with van der Waals surface area (Å²) in [4.78, 5) is 11.7. The van der Waals surface area contributed by atoms with Crippen LogP contribution in [0.15, 0.2) is 53.4 Å². The van der Waals surface area contributed by atoms with E-state index in [0.717, 1.165) is 11.1 Å². The lowest BCUT2D eigenvalue weighted by Gasteiger charge is -2.09. The zero-order valence-corrected chi connectivity index (χ0v) is 14.7. The van der Waals surface area contributed by atoms with E-state index in [1.54, 1.807) is 36.4 Å². The molecule has 0 aliphatic carbocycles. The van der Waals surface area contributed by atoms with Gasteiger partial charge in [0.25, 0.3) is 10.0 Å². The van der Waals surface area contributed by atoms with Crippen LogP contribution in [0.25, 0.3) is 0 Å². The Hall–Kier alpha value is -2.34. The summed E-state index contributed by atoms with van der Waals surface area (Å²) in [6.07, 6.45) is 0.971. The number of hydrogen-bond acceptors (Lipinski definition) is 3. The third-order valence-electron chi connectivity index (χ3n) is 3.55. The van der Waals surface area contributed by atoms with Crippen molar-refractivity contribution in [3.63, 3.8) is 0 Å². The van der Waals surface area contributed by atoms with Crippen LogP contribution in [0.1, 0.15) is 24.5 Å². The van der Waals surface area contributed by atoms with Gasteiger partial charge in [0.2, 0.25) is 5.91 Å². The molecule has 6 heteroatoms. The Morgan fingerprint density at radius 1 is 1.00 bits per heavy atom. The second-order valence-corrected chi connectivity index (χ2v) is 7.25. The Labute approximate surface area is 143 Å². The monoisotopic (exact) mass is 346 g/mol. The molecule has 0 heterocycles. The first kappa shape index (κ1) is 18.0. The lowest BCUT2D eigenvalue weighted by molar-refractivity contribution is -0.120. The summed E-state index contributed by atoms with van der Waals surface area (Å²) in [7, 11) is -3.61. The summed E-state index contributed by atoms with van der Waals surface area (Å²) in [6.45, 7) is 4.43. The summed E-state index contributed by atoms with van der Waals surface area (Å²) in [5.74, 6) is -0.00441. The van der Waals surface area contributed by atoms with E-state index >= 15 is 0 Å². The molecule has 0 bridgehead atoms. The van der Waals surface area contributed by atoms with E-state index in [-0.39, 0.29) is 10.8 Å². The zero-order valence-electron chi connectivity index (χ0n) is 13.9. The molecule has 5 nitrogen and oxygen atoms in total. The first-order chi connectivity index (χ1) is 11.4. The number of benzene rings is 2. The number of carbonyl (C=O) groups excluding carboxylic acids is 1. The highest BCUT2D eigenvalue weighted by Crippen LogP contribution is 2.17. The maximum Gasteiger partial charge on any atom is 0.261 e. The lowest BCUT2D eigenvalue weighted by atomic mass is 10.1. The van der Waals surface area contributed by atoms with Crippen molar-refractivity contribution in [2.45, 2.75) is 31.6 Å². The fourth-order valence-corrected chi connectivity index (χ4v) is 3.27. The predicted octanol–water partition coefficient (Wildman–Crippen LogP) is 2.86. The van der Waals surface area contributed by atoms with Gasteiger partial charge in [-0.3, -0.25) is 9.52 Å². The molecule has 0 atom stereocenters. The molecule has 0 aromatic heterocycles. The van der Waals surface area contributed by atoms with Crippen LogP contribution in [-0.4, -0.2) is 20.9 Å². The van der Waals surface area contributed by atoms with Crippen LogP contribution in [0.3, 0.4) is 0 Å². The summed E-state index contributed by atoms with van der Waals surface area (Å²) in [6, 6.07) is 13.8. The zero-order chi connectivity index (χ0) is 17.6. The molecule has 2 aromatic carbocycles. The first-order valence-corrected chi connectivity index (χ1v) is 9.34. The molecule has 128 valence electrons. The maximum absolute atomic E-state index is 12.4. The van der Waals surface area contributed by atoms with E-state index in [1.165, 1.54) is 0 Å². The van der Waals surface area contributed by atoms with E-state index in [9.17, 15) is 13.2 Å². The smallest absolute Gasteiger partial charge is 0.261 e. The minimum Gasteiger partial charge on any atom is -0.356 e. The Kier molecular flexibility index (Phi) is 5.98. The molecular weight excluding hydrogens is 324 g/mol. The molecule has 0 fully saturated rings. The van der Waals surface area contributed by atoms with Crippen molar-refractivity contribution in [3.05, 3.63) is 59.7 Å². The van der Waals surface area contributed by atoms with Gasteiger partial charge in [-0.15, -0.1) is 0 Å². The van der Waals surface area contributed by atoms with Crippen molar-refractivity contribution in [1.82, 2.24) is 5.32 Å². The van der Waals surface area contributed by atoms with E-state index < -0.39 is 10.0 Å². The topological polar surface area (TPSA) is 75.3 Å². The number of hydrogen-bond donors (Lipinski definition) is 2. The van der Waals surface area contributed by atoms with Gasteiger partial charge in [-0.05, 0) is 50.1 Å². The second-order valence-electron chi connectivity index (χ2n) is 5.57. The molecule has 0 unspecified atom stereocenters. The summed E-state index contributed by atoms with van der Waals surface area (Å²) in [5.41, 5.74) is 2.52. The van der Waals surface area contributed by atoms with Crippen molar-refractivity contribution < 1.29 is 13.2 Å². The van der Waals surface area contributed by atoms with E-state index in [2.05, 4.69) is 10.0 Å². The third kappa shape index (κ3) is 5.09. The molecule has 1 amide bonds. The maximum atomic E-state index is 12.4. The molecule has 24 heavy (non-hydrogen) atoms. The Morgan fingerprint density at radius 2 is 1.62 bits per heavy atom. The highest BCUT2D eigenvalue weighted by molar-refractivity contribution is 7.92. The van der Waals surface area contributed by atoms with E-state index in [0.29, 0.717) is 25.1 Å².